The number of phenols is 1. The van der Waals surface area contributed by atoms with Crippen LogP contribution in [0.15, 0.2) is 30.9 Å². The molecule has 0 saturated carbocycles. The maximum absolute atomic E-state index is 12.0. The highest BCUT2D eigenvalue weighted by molar-refractivity contribution is 5.96. The van der Waals surface area contributed by atoms with E-state index in [1.165, 1.54) is 29.5 Å². The summed E-state index contributed by atoms with van der Waals surface area (Å²) in [4.78, 5) is 26.4. The lowest BCUT2D eigenvalue weighted by Crippen LogP contribution is -2.24. The molecule has 1 heterocycles. The number of nitrogens with one attached hydrogen (secondary N) is 1. The van der Waals surface area contributed by atoms with Crippen molar-refractivity contribution < 1.29 is 19.8 Å². The number of hydrogen-bond acceptors (Lipinski definition) is 5. The molecule has 1 aromatic heterocycles. The first-order valence-electron chi connectivity index (χ1n) is 5.70. The molecule has 0 aliphatic carbocycles. The predicted molar refractivity (Wildman–Crippen MR) is 68.4 cm³/mol. The van der Waals surface area contributed by atoms with Crippen molar-refractivity contribution in [3.8, 4) is 5.75 Å². The standard InChI is InChI=1S/C12H12N4O4/c1-7(16-6-13-5-14-16)11(18)15-9-3-2-8(12(19)20)4-10(9)17/h2-7,17H,1H3,(H,15,18)(H,19,20). The lowest BCUT2D eigenvalue weighted by atomic mass is 10.2. The third kappa shape index (κ3) is 2.74. The SMILES string of the molecule is CC(C(=O)Nc1ccc(C(=O)O)cc1O)n1cncn1. The Morgan fingerprint density at radius 1 is 1.40 bits per heavy atom. The summed E-state index contributed by atoms with van der Waals surface area (Å²) < 4.78 is 1.36. The quantitative estimate of drug-likeness (QED) is 0.713. The molecular formula is C12H12N4O4. The van der Waals surface area contributed by atoms with Gasteiger partial charge in [-0.3, -0.25) is 4.79 Å². The summed E-state index contributed by atoms with van der Waals surface area (Å²) in [5.41, 5.74) is 0.0665. The van der Waals surface area contributed by atoms with E-state index in [2.05, 4.69) is 15.4 Å². The van der Waals surface area contributed by atoms with Gasteiger partial charge in [0.2, 0.25) is 5.91 Å². The van der Waals surface area contributed by atoms with Crippen molar-refractivity contribution in [3.05, 3.63) is 36.4 Å². The molecule has 0 bridgehead atoms. The Labute approximate surface area is 113 Å². The normalized spacial score (nSPS) is 11.8. The second-order valence-electron chi connectivity index (χ2n) is 4.08. The molecule has 0 fully saturated rings. The number of hydrogen-bond donors (Lipinski definition) is 3. The van der Waals surface area contributed by atoms with Crippen LogP contribution in [0.3, 0.4) is 0 Å². The van der Waals surface area contributed by atoms with Crippen molar-refractivity contribution in [2.75, 3.05) is 5.32 Å². The average molecular weight is 276 g/mol. The van der Waals surface area contributed by atoms with Gasteiger partial charge in [-0.05, 0) is 25.1 Å². The molecule has 8 nitrogen and oxygen atoms in total. The number of carbonyl (C=O) groups excluding carboxylic acids is 1. The van der Waals surface area contributed by atoms with Crippen LogP contribution in [0.1, 0.15) is 23.3 Å². The molecule has 1 amide bonds. The molecule has 1 unspecified atom stereocenters. The van der Waals surface area contributed by atoms with E-state index in [-0.39, 0.29) is 17.0 Å². The number of anilines is 1. The van der Waals surface area contributed by atoms with Crippen molar-refractivity contribution in [2.45, 2.75) is 13.0 Å². The van der Waals surface area contributed by atoms with E-state index in [1.54, 1.807) is 6.92 Å². The van der Waals surface area contributed by atoms with E-state index in [1.807, 2.05) is 0 Å². The third-order valence-corrected chi connectivity index (χ3v) is 2.72. The lowest BCUT2D eigenvalue weighted by Gasteiger charge is -2.13. The molecule has 8 heteroatoms. The van der Waals surface area contributed by atoms with Crippen molar-refractivity contribution in [3.63, 3.8) is 0 Å². The first kappa shape index (κ1) is 13.5. The molecule has 0 radical (unpaired) electrons. The highest BCUT2D eigenvalue weighted by Gasteiger charge is 2.17. The second kappa shape index (κ2) is 5.39. The number of aromatic nitrogens is 3. The monoisotopic (exact) mass is 276 g/mol. The number of amides is 1. The molecule has 0 aliphatic rings. The van der Waals surface area contributed by atoms with Crippen molar-refractivity contribution in [1.29, 1.82) is 0 Å². The molecule has 20 heavy (non-hydrogen) atoms. The van der Waals surface area contributed by atoms with Gasteiger partial charge in [-0.1, -0.05) is 0 Å². The molecule has 0 spiro atoms. The van der Waals surface area contributed by atoms with E-state index >= 15 is 0 Å². The maximum Gasteiger partial charge on any atom is 0.335 e. The number of phenolic OH excluding ortho intramolecular Hbond substituents is 1. The summed E-state index contributed by atoms with van der Waals surface area (Å²) >= 11 is 0. The van der Waals surface area contributed by atoms with Gasteiger partial charge in [-0.15, -0.1) is 0 Å². The van der Waals surface area contributed by atoms with Crippen LogP contribution in [0.5, 0.6) is 5.75 Å². The highest BCUT2D eigenvalue weighted by Crippen LogP contribution is 2.25. The summed E-state index contributed by atoms with van der Waals surface area (Å²) in [5.74, 6) is -1.88. The number of aromatic carboxylic acids is 1. The van der Waals surface area contributed by atoms with E-state index in [0.717, 1.165) is 6.07 Å². The van der Waals surface area contributed by atoms with Gasteiger partial charge in [0.15, 0.2) is 0 Å². The summed E-state index contributed by atoms with van der Waals surface area (Å²) in [6.07, 6.45) is 2.71. The van der Waals surface area contributed by atoms with Crippen LogP contribution < -0.4 is 5.32 Å². The molecule has 3 N–H and O–H groups in total. The van der Waals surface area contributed by atoms with Crippen molar-refractivity contribution >= 4 is 17.6 Å². The summed E-state index contributed by atoms with van der Waals surface area (Å²) in [5, 5.41) is 24.8. The van der Waals surface area contributed by atoms with Crippen LogP contribution >= 0.6 is 0 Å². The fourth-order valence-corrected chi connectivity index (χ4v) is 1.55. The molecule has 1 atom stereocenters. The Morgan fingerprint density at radius 2 is 2.15 bits per heavy atom. The Morgan fingerprint density at radius 3 is 2.70 bits per heavy atom. The third-order valence-electron chi connectivity index (χ3n) is 2.72. The number of carboxylic acids is 1. The fraction of sp³-hybridized carbons (Fsp3) is 0.167. The smallest absolute Gasteiger partial charge is 0.335 e. The zero-order chi connectivity index (χ0) is 14.7. The maximum atomic E-state index is 12.0. The Kier molecular flexibility index (Phi) is 3.65. The Bertz CT molecular complexity index is 639. The molecular weight excluding hydrogens is 264 g/mol. The van der Waals surface area contributed by atoms with Crippen LogP contribution in [0.25, 0.3) is 0 Å². The number of benzene rings is 1. The molecule has 0 aliphatic heterocycles. The van der Waals surface area contributed by atoms with E-state index in [0.29, 0.717) is 0 Å². The van der Waals surface area contributed by atoms with Crippen LogP contribution in [0.2, 0.25) is 0 Å². The second-order valence-corrected chi connectivity index (χ2v) is 4.08. The summed E-state index contributed by atoms with van der Waals surface area (Å²) in [6.45, 7) is 1.62. The molecule has 2 rings (SSSR count). The topological polar surface area (TPSA) is 117 Å². The van der Waals surface area contributed by atoms with Gasteiger partial charge < -0.3 is 15.5 Å². The minimum atomic E-state index is -1.16. The number of carbonyl (C=O) groups is 2. The summed E-state index contributed by atoms with van der Waals surface area (Å²) in [6, 6.07) is 3.07. The zero-order valence-electron chi connectivity index (χ0n) is 10.5. The number of rotatable bonds is 4. The molecule has 104 valence electrons. The first-order valence-corrected chi connectivity index (χ1v) is 5.70. The van der Waals surface area contributed by atoms with Gasteiger partial charge in [0.05, 0.1) is 11.3 Å². The average Bonchev–Trinajstić information content (AvgIpc) is 2.93. The zero-order valence-corrected chi connectivity index (χ0v) is 10.5. The predicted octanol–water partition coefficient (Wildman–Crippen LogP) is 0.882. The minimum absolute atomic E-state index is 0.0650. The first-order chi connectivity index (χ1) is 9.49. The van der Waals surface area contributed by atoms with Gasteiger partial charge in [-0.25, -0.2) is 14.5 Å². The molecule has 1 aromatic carbocycles. The lowest BCUT2D eigenvalue weighted by molar-refractivity contribution is -0.119. The minimum Gasteiger partial charge on any atom is -0.506 e. The van der Waals surface area contributed by atoms with Gasteiger partial charge >= 0.3 is 5.97 Å². The van der Waals surface area contributed by atoms with E-state index in [9.17, 15) is 14.7 Å². The van der Waals surface area contributed by atoms with Gasteiger partial charge in [-0.2, -0.15) is 5.10 Å². The van der Waals surface area contributed by atoms with E-state index in [4.69, 9.17) is 5.11 Å². The molecule has 0 saturated heterocycles. The number of aromatic hydroxyl groups is 1. The summed E-state index contributed by atoms with van der Waals surface area (Å²) in [7, 11) is 0. The fourth-order valence-electron chi connectivity index (χ4n) is 1.55. The van der Waals surface area contributed by atoms with Crippen LogP contribution in [0, 0.1) is 0 Å². The van der Waals surface area contributed by atoms with Crippen LogP contribution in [-0.4, -0.2) is 36.9 Å². The van der Waals surface area contributed by atoms with E-state index < -0.39 is 17.9 Å². The van der Waals surface area contributed by atoms with Crippen molar-refractivity contribution in [1.82, 2.24) is 14.8 Å². The Hall–Kier alpha value is -2.90. The number of nitrogens with zero attached hydrogens (tertiary/aromatic N) is 3. The number of carboxylic acid groups (broad SMARTS) is 1. The van der Waals surface area contributed by atoms with Crippen molar-refractivity contribution in [2.24, 2.45) is 0 Å². The van der Waals surface area contributed by atoms with Gasteiger partial charge in [0.1, 0.15) is 24.4 Å². The van der Waals surface area contributed by atoms with Crippen LogP contribution in [-0.2, 0) is 4.79 Å². The van der Waals surface area contributed by atoms with Gasteiger partial charge in [0.25, 0.3) is 0 Å². The van der Waals surface area contributed by atoms with Crippen LogP contribution in [0.4, 0.5) is 5.69 Å². The Balaban J connectivity index is 2.14. The largest absolute Gasteiger partial charge is 0.506 e. The highest BCUT2D eigenvalue weighted by atomic mass is 16.4. The molecule has 2 aromatic rings. The van der Waals surface area contributed by atoms with Gasteiger partial charge in [0, 0.05) is 0 Å².